The van der Waals surface area contributed by atoms with E-state index in [-0.39, 0.29) is 23.9 Å². The molecule has 1 aliphatic rings. The van der Waals surface area contributed by atoms with E-state index in [1.54, 1.807) is 0 Å². The fraction of sp³-hybridized carbons (Fsp3) is 0.364. The van der Waals surface area contributed by atoms with Crippen LogP contribution in [-0.2, 0) is 9.53 Å². The second-order valence-electron chi connectivity index (χ2n) is 3.99. The van der Waals surface area contributed by atoms with Gasteiger partial charge in [0, 0.05) is 17.6 Å². The molecule has 1 aromatic rings. The maximum atomic E-state index is 11.9. The van der Waals surface area contributed by atoms with E-state index < -0.39 is 11.0 Å². The zero-order valence-corrected chi connectivity index (χ0v) is 10.6. The van der Waals surface area contributed by atoms with E-state index in [1.807, 2.05) is 0 Å². The number of hydrogen-bond acceptors (Lipinski definition) is 5. The summed E-state index contributed by atoms with van der Waals surface area (Å²) in [5, 5.41) is 16.6. The lowest BCUT2D eigenvalue weighted by Crippen LogP contribution is -2.48. The molecule has 1 aromatic carbocycles. The Bertz CT molecular complexity index is 503. The van der Waals surface area contributed by atoms with Crippen LogP contribution >= 0.6 is 11.6 Å². The minimum Gasteiger partial charge on any atom is -0.378 e. The Labute approximate surface area is 114 Å². The van der Waals surface area contributed by atoms with Crippen LogP contribution in [-0.4, -0.2) is 36.6 Å². The molecule has 2 rings (SSSR count). The fourth-order valence-electron chi connectivity index (χ4n) is 1.72. The number of morpholine rings is 1. The number of nitro groups is 1. The van der Waals surface area contributed by atoms with Gasteiger partial charge >= 0.3 is 0 Å². The Kier molecular flexibility index (Phi) is 4.31. The molecular weight excluding hydrogens is 274 g/mol. The third kappa shape index (κ3) is 3.40. The van der Waals surface area contributed by atoms with Crippen LogP contribution in [0, 0.1) is 10.1 Å². The van der Waals surface area contributed by atoms with Crippen molar-refractivity contribution in [1.29, 1.82) is 0 Å². The third-order valence-electron chi connectivity index (χ3n) is 2.65. The first-order valence-electron chi connectivity index (χ1n) is 5.64. The lowest BCUT2D eigenvalue weighted by molar-refractivity contribution is -0.383. The third-order valence-corrected chi connectivity index (χ3v) is 2.89. The number of carbonyl (C=O) groups excluding carboxylic acids is 1. The molecule has 2 N–H and O–H groups in total. The molecule has 102 valence electrons. The Balaban J connectivity index is 2.15. The molecule has 1 fully saturated rings. The molecule has 8 heteroatoms. The van der Waals surface area contributed by atoms with Gasteiger partial charge in [0.05, 0.1) is 18.1 Å². The van der Waals surface area contributed by atoms with E-state index in [2.05, 4.69) is 10.6 Å². The zero-order valence-electron chi connectivity index (χ0n) is 9.89. The summed E-state index contributed by atoms with van der Waals surface area (Å²) in [6, 6.07) is 3.48. The summed E-state index contributed by atoms with van der Waals surface area (Å²) in [7, 11) is 0. The molecule has 0 aliphatic carbocycles. The SMILES string of the molecule is O=C(Nc1cc(Cl)ccc1[N+](=O)[O-])C1COCCN1. The highest BCUT2D eigenvalue weighted by molar-refractivity contribution is 6.31. The molecule has 1 saturated heterocycles. The van der Waals surface area contributed by atoms with E-state index in [9.17, 15) is 14.9 Å². The molecule has 7 nitrogen and oxygen atoms in total. The molecule has 1 atom stereocenters. The molecule has 19 heavy (non-hydrogen) atoms. The highest BCUT2D eigenvalue weighted by Gasteiger charge is 2.24. The van der Waals surface area contributed by atoms with Crippen LogP contribution in [0.1, 0.15) is 0 Å². The number of halogens is 1. The zero-order chi connectivity index (χ0) is 13.8. The molecule has 0 saturated carbocycles. The summed E-state index contributed by atoms with van der Waals surface area (Å²) in [5.41, 5.74) is -0.121. The molecule has 0 aromatic heterocycles. The summed E-state index contributed by atoms with van der Waals surface area (Å²) >= 11 is 5.78. The van der Waals surface area contributed by atoms with E-state index in [1.165, 1.54) is 18.2 Å². The van der Waals surface area contributed by atoms with Crippen molar-refractivity contribution >= 4 is 28.9 Å². The Hall–Kier alpha value is -1.70. The van der Waals surface area contributed by atoms with Crippen LogP contribution in [0.3, 0.4) is 0 Å². The van der Waals surface area contributed by atoms with Gasteiger partial charge in [-0.3, -0.25) is 14.9 Å². The molecule has 0 radical (unpaired) electrons. The largest absolute Gasteiger partial charge is 0.378 e. The number of amides is 1. The van der Waals surface area contributed by atoms with Crippen molar-refractivity contribution in [2.75, 3.05) is 25.1 Å². The van der Waals surface area contributed by atoms with Gasteiger partial charge in [-0.05, 0) is 12.1 Å². The Morgan fingerprint density at radius 3 is 3.00 bits per heavy atom. The van der Waals surface area contributed by atoms with Crippen molar-refractivity contribution in [3.63, 3.8) is 0 Å². The van der Waals surface area contributed by atoms with Crippen LogP contribution in [0.4, 0.5) is 11.4 Å². The molecule has 1 amide bonds. The standard InChI is InChI=1S/C11H12ClN3O4/c12-7-1-2-10(15(17)18)8(5-7)14-11(16)9-6-19-4-3-13-9/h1-2,5,9,13H,3-4,6H2,(H,14,16). The second-order valence-corrected chi connectivity index (χ2v) is 4.43. The molecular formula is C11H12ClN3O4. The van der Waals surface area contributed by atoms with E-state index >= 15 is 0 Å². The first-order chi connectivity index (χ1) is 9.08. The van der Waals surface area contributed by atoms with Crippen molar-refractivity contribution in [2.45, 2.75) is 6.04 Å². The van der Waals surface area contributed by atoms with Crippen LogP contribution in [0.15, 0.2) is 18.2 Å². The highest BCUT2D eigenvalue weighted by atomic mass is 35.5. The van der Waals surface area contributed by atoms with Gasteiger partial charge in [0.2, 0.25) is 5.91 Å². The van der Waals surface area contributed by atoms with Crippen LogP contribution in [0.2, 0.25) is 5.02 Å². The van der Waals surface area contributed by atoms with Crippen molar-refractivity contribution in [3.8, 4) is 0 Å². The normalized spacial score (nSPS) is 18.9. The lowest BCUT2D eigenvalue weighted by Gasteiger charge is -2.22. The number of anilines is 1. The highest BCUT2D eigenvalue weighted by Crippen LogP contribution is 2.27. The maximum absolute atomic E-state index is 11.9. The van der Waals surface area contributed by atoms with Gasteiger partial charge in [-0.2, -0.15) is 0 Å². The number of nitrogens with one attached hydrogen (secondary N) is 2. The first kappa shape index (κ1) is 13.7. The van der Waals surface area contributed by atoms with Crippen LogP contribution in [0.25, 0.3) is 0 Å². The minimum absolute atomic E-state index is 0.0786. The molecule has 1 heterocycles. The fourth-order valence-corrected chi connectivity index (χ4v) is 1.89. The molecule has 0 spiro atoms. The summed E-state index contributed by atoms with van der Waals surface area (Å²) in [6.07, 6.45) is 0. The van der Waals surface area contributed by atoms with E-state index in [0.717, 1.165) is 0 Å². The minimum atomic E-state index is -0.573. The van der Waals surface area contributed by atoms with Crippen LogP contribution < -0.4 is 10.6 Å². The quantitative estimate of drug-likeness (QED) is 0.642. The predicted octanol–water partition coefficient (Wildman–Crippen LogP) is 1.18. The van der Waals surface area contributed by atoms with Gasteiger partial charge in [0.1, 0.15) is 11.7 Å². The summed E-state index contributed by atoms with van der Waals surface area (Å²) in [6.45, 7) is 1.34. The van der Waals surface area contributed by atoms with E-state index in [4.69, 9.17) is 16.3 Å². The lowest BCUT2D eigenvalue weighted by atomic mass is 10.2. The summed E-state index contributed by atoms with van der Waals surface area (Å²) in [4.78, 5) is 22.2. The van der Waals surface area contributed by atoms with E-state index in [0.29, 0.717) is 18.2 Å². The average molecular weight is 286 g/mol. The number of nitro benzene ring substituents is 1. The van der Waals surface area contributed by atoms with Gasteiger partial charge in [-0.1, -0.05) is 11.6 Å². The number of benzene rings is 1. The molecule has 0 bridgehead atoms. The van der Waals surface area contributed by atoms with Crippen molar-refractivity contribution < 1.29 is 14.5 Å². The Morgan fingerprint density at radius 2 is 2.37 bits per heavy atom. The summed E-state index contributed by atoms with van der Waals surface area (Å²) in [5.74, 6) is -0.384. The van der Waals surface area contributed by atoms with Gasteiger partial charge in [0.25, 0.3) is 5.69 Å². The van der Waals surface area contributed by atoms with Crippen molar-refractivity contribution in [3.05, 3.63) is 33.3 Å². The number of rotatable bonds is 3. The van der Waals surface area contributed by atoms with Crippen LogP contribution in [0.5, 0.6) is 0 Å². The smallest absolute Gasteiger partial charge is 0.292 e. The van der Waals surface area contributed by atoms with Gasteiger partial charge in [-0.25, -0.2) is 0 Å². The summed E-state index contributed by atoms with van der Waals surface area (Å²) < 4.78 is 5.16. The molecule has 1 unspecified atom stereocenters. The van der Waals surface area contributed by atoms with Crippen molar-refractivity contribution in [2.24, 2.45) is 0 Å². The number of nitrogens with zero attached hydrogens (tertiary/aromatic N) is 1. The topological polar surface area (TPSA) is 93.5 Å². The number of ether oxygens (including phenoxy) is 1. The first-order valence-corrected chi connectivity index (χ1v) is 6.01. The monoisotopic (exact) mass is 285 g/mol. The Morgan fingerprint density at radius 1 is 1.58 bits per heavy atom. The molecule has 1 aliphatic heterocycles. The predicted molar refractivity (Wildman–Crippen MR) is 69.3 cm³/mol. The van der Waals surface area contributed by atoms with Gasteiger partial charge in [0.15, 0.2) is 0 Å². The maximum Gasteiger partial charge on any atom is 0.292 e. The average Bonchev–Trinajstić information content (AvgIpc) is 2.39. The van der Waals surface area contributed by atoms with Gasteiger partial charge < -0.3 is 15.4 Å². The second kappa shape index (κ2) is 5.96. The van der Waals surface area contributed by atoms with Gasteiger partial charge in [-0.15, -0.1) is 0 Å². The number of hydrogen-bond donors (Lipinski definition) is 2. The number of carbonyl (C=O) groups is 1. The van der Waals surface area contributed by atoms with Crippen molar-refractivity contribution in [1.82, 2.24) is 5.32 Å².